The molecule has 5 unspecified atom stereocenters. The zero-order chi connectivity index (χ0) is 19.1. The van der Waals surface area contributed by atoms with E-state index in [0.29, 0.717) is 0 Å². The minimum atomic E-state index is -1.50. The number of hydrogen-bond acceptors (Lipinski definition) is 11. The highest BCUT2D eigenvalue weighted by Gasteiger charge is 2.43. The van der Waals surface area contributed by atoms with E-state index >= 15 is 0 Å². The number of nitrogens with one attached hydrogen (secondary N) is 2. The molecule has 0 aliphatic carbocycles. The third-order valence-electron chi connectivity index (χ3n) is 3.23. The maximum absolute atomic E-state index is 12.0. The third-order valence-corrected chi connectivity index (χ3v) is 3.53. The number of rotatable bonds is 8. The van der Waals surface area contributed by atoms with Crippen molar-refractivity contribution in [2.75, 3.05) is 13.2 Å². The quantitative estimate of drug-likeness (QED) is 0.0968. The molecule has 1 aliphatic rings. The van der Waals surface area contributed by atoms with Gasteiger partial charge in [-0.1, -0.05) is 0 Å². The van der Waals surface area contributed by atoms with Crippen molar-refractivity contribution >= 4 is 26.6 Å². The van der Waals surface area contributed by atoms with E-state index in [0.717, 1.165) is 0 Å². The Morgan fingerprint density at radius 3 is 2.48 bits per heavy atom. The molecule has 0 saturated carbocycles. The summed E-state index contributed by atoms with van der Waals surface area (Å²) in [7, 11) is -0.833. The van der Waals surface area contributed by atoms with Gasteiger partial charge in [0.25, 0.3) is 5.91 Å². The van der Waals surface area contributed by atoms with Gasteiger partial charge in [-0.05, 0) is 6.92 Å². The molecule has 0 bridgehead atoms. The Labute approximate surface area is 144 Å². The number of carbonyl (C=O) groups is 2. The second-order valence-electron chi connectivity index (χ2n) is 4.87. The summed E-state index contributed by atoms with van der Waals surface area (Å²) in [6.45, 7) is 1.36. The molecule has 12 nitrogen and oxygen atoms in total. The number of aliphatic hydroxyl groups excluding tert-OH is 2. The van der Waals surface area contributed by atoms with E-state index in [4.69, 9.17) is 31.0 Å². The Bertz CT molecular complexity index is 557. The lowest BCUT2D eigenvalue weighted by Crippen LogP contribution is -2.47. The van der Waals surface area contributed by atoms with Crippen LogP contribution in [0.15, 0.2) is 11.4 Å². The molecule has 25 heavy (non-hydrogen) atoms. The highest BCUT2D eigenvalue weighted by Crippen LogP contribution is 2.21. The van der Waals surface area contributed by atoms with Crippen LogP contribution >= 0.6 is 9.03 Å². The van der Waals surface area contributed by atoms with Gasteiger partial charge < -0.3 is 45.9 Å². The topological polar surface area (TPSA) is 210 Å². The molecule has 9 N–H and O–H groups in total. The van der Waals surface area contributed by atoms with Gasteiger partial charge in [0.1, 0.15) is 29.7 Å². The fourth-order valence-electron chi connectivity index (χ4n) is 1.90. The summed E-state index contributed by atoms with van der Waals surface area (Å²) in [6.07, 6.45) is -5.23. The summed E-state index contributed by atoms with van der Waals surface area (Å²) < 4.78 is 14.5. The molecule has 1 saturated heterocycles. The molecule has 1 fully saturated rings. The predicted molar refractivity (Wildman–Crippen MR) is 85.1 cm³/mol. The average molecular weight is 380 g/mol. The van der Waals surface area contributed by atoms with E-state index in [1.54, 1.807) is 6.92 Å². The van der Waals surface area contributed by atoms with Crippen LogP contribution in [-0.2, 0) is 23.6 Å². The Balaban J connectivity index is 2.73. The molecule has 0 aromatic rings. The van der Waals surface area contributed by atoms with Gasteiger partial charge in [-0.15, -0.1) is 0 Å². The summed E-state index contributed by atoms with van der Waals surface area (Å²) in [6, 6.07) is 0. The Hall–Kier alpha value is -1.82. The van der Waals surface area contributed by atoms with Crippen LogP contribution in [0.4, 0.5) is 0 Å². The standard InChI is InChI=1S/C12H21N4O8P/c1-2-22-12(20)7(15)5(13)6(14)10(19)16-11-9(18)8(17)4(24-11)3-23-25-21/h4,8-9,11,14,17-18,21,25H,2-3,13,15H2,1H3,(H,16,19). The lowest BCUT2D eigenvalue weighted by atomic mass is 10.1. The second-order valence-corrected chi connectivity index (χ2v) is 5.35. The third kappa shape index (κ3) is 5.33. The van der Waals surface area contributed by atoms with E-state index in [1.807, 2.05) is 0 Å². The molecule has 0 aromatic carbocycles. The molecule has 142 valence electrons. The first-order valence-corrected chi connectivity index (χ1v) is 7.94. The van der Waals surface area contributed by atoms with E-state index < -0.39 is 62.6 Å². The minimum Gasteiger partial charge on any atom is -0.461 e. The summed E-state index contributed by atoms with van der Waals surface area (Å²) in [5, 5.41) is 29.4. The summed E-state index contributed by atoms with van der Waals surface area (Å²) in [5.74, 6) is -2.07. The normalized spacial score (nSPS) is 27.2. The van der Waals surface area contributed by atoms with Gasteiger partial charge in [-0.3, -0.25) is 10.2 Å². The summed E-state index contributed by atoms with van der Waals surface area (Å²) in [4.78, 5) is 32.0. The number of hydrogen-bond donors (Lipinski definition) is 7. The number of aliphatic hydroxyl groups is 2. The number of amides is 1. The molecule has 0 spiro atoms. The van der Waals surface area contributed by atoms with Gasteiger partial charge in [-0.25, -0.2) is 4.79 Å². The van der Waals surface area contributed by atoms with E-state index in [-0.39, 0.29) is 13.2 Å². The van der Waals surface area contributed by atoms with Crippen molar-refractivity contribution in [2.45, 2.75) is 31.5 Å². The molecule has 1 heterocycles. The van der Waals surface area contributed by atoms with Crippen molar-refractivity contribution in [1.82, 2.24) is 5.32 Å². The maximum atomic E-state index is 12.0. The first-order valence-electron chi connectivity index (χ1n) is 7.09. The van der Waals surface area contributed by atoms with Crippen molar-refractivity contribution in [3.8, 4) is 0 Å². The van der Waals surface area contributed by atoms with Crippen molar-refractivity contribution in [1.29, 1.82) is 5.41 Å². The largest absolute Gasteiger partial charge is 0.461 e. The first kappa shape index (κ1) is 21.2. The van der Waals surface area contributed by atoms with Gasteiger partial charge in [0.05, 0.1) is 18.9 Å². The average Bonchev–Trinajstić information content (AvgIpc) is 2.85. The lowest BCUT2D eigenvalue weighted by molar-refractivity contribution is -0.138. The van der Waals surface area contributed by atoms with Crippen LogP contribution in [0.25, 0.3) is 0 Å². The lowest BCUT2D eigenvalue weighted by Gasteiger charge is -2.17. The van der Waals surface area contributed by atoms with Crippen LogP contribution in [0.1, 0.15) is 6.92 Å². The van der Waals surface area contributed by atoms with Crippen LogP contribution in [0.2, 0.25) is 0 Å². The number of nitrogens with two attached hydrogens (primary N) is 2. The molecule has 0 aromatic heterocycles. The van der Waals surface area contributed by atoms with Crippen molar-refractivity contribution in [3.05, 3.63) is 11.4 Å². The zero-order valence-corrected chi connectivity index (χ0v) is 14.3. The van der Waals surface area contributed by atoms with E-state index in [1.165, 1.54) is 0 Å². The second kappa shape index (κ2) is 9.61. The molecule has 13 heteroatoms. The fraction of sp³-hybridized carbons (Fsp3) is 0.583. The smallest absolute Gasteiger partial charge is 0.356 e. The highest BCUT2D eigenvalue weighted by molar-refractivity contribution is 7.24. The maximum Gasteiger partial charge on any atom is 0.356 e. The Morgan fingerprint density at radius 1 is 1.28 bits per heavy atom. The van der Waals surface area contributed by atoms with Crippen molar-refractivity contribution < 1.29 is 38.7 Å². The van der Waals surface area contributed by atoms with Gasteiger partial charge in [-0.2, -0.15) is 0 Å². The predicted octanol–water partition coefficient (Wildman–Crippen LogP) is -3.22. The van der Waals surface area contributed by atoms with Crippen molar-refractivity contribution in [2.24, 2.45) is 11.5 Å². The van der Waals surface area contributed by atoms with Crippen LogP contribution in [0, 0.1) is 5.41 Å². The highest BCUT2D eigenvalue weighted by atomic mass is 31.1. The molecule has 0 radical (unpaired) electrons. The first-order chi connectivity index (χ1) is 11.7. The van der Waals surface area contributed by atoms with Gasteiger partial charge >= 0.3 is 5.97 Å². The van der Waals surface area contributed by atoms with Gasteiger partial charge in [0.2, 0.25) is 0 Å². The molecular formula is C12H21N4O8P. The minimum absolute atomic E-state index is 0.0320. The van der Waals surface area contributed by atoms with Crippen LogP contribution in [-0.4, -0.2) is 70.4 Å². The van der Waals surface area contributed by atoms with E-state index in [2.05, 4.69) is 10.1 Å². The van der Waals surface area contributed by atoms with Crippen LogP contribution in [0.5, 0.6) is 0 Å². The van der Waals surface area contributed by atoms with Crippen molar-refractivity contribution in [3.63, 3.8) is 0 Å². The Morgan fingerprint density at radius 2 is 1.92 bits per heavy atom. The van der Waals surface area contributed by atoms with E-state index in [9.17, 15) is 19.8 Å². The fourth-order valence-corrected chi connectivity index (χ4v) is 2.14. The Kier molecular flexibility index (Phi) is 8.16. The zero-order valence-electron chi connectivity index (χ0n) is 13.3. The molecular weight excluding hydrogens is 359 g/mol. The monoisotopic (exact) mass is 380 g/mol. The van der Waals surface area contributed by atoms with Crippen LogP contribution < -0.4 is 16.8 Å². The number of ether oxygens (including phenoxy) is 2. The summed E-state index contributed by atoms with van der Waals surface area (Å²) in [5.41, 5.74) is 8.86. The van der Waals surface area contributed by atoms with Gasteiger partial charge in [0.15, 0.2) is 15.3 Å². The molecule has 1 aliphatic heterocycles. The van der Waals surface area contributed by atoms with Gasteiger partial charge in [0, 0.05) is 0 Å². The molecule has 5 atom stereocenters. The summed E-state index contributed by atoms with van der Waals surface area (Å²) >= 11 is 0. The number of esters is 1. The molecule has 1 amide bonds. The van der Waals surface area contributed by atoms with Crippen LogP contribution in [0.3, 0.4) is 0 Å². The number of carbonyl (C=O) groups excluding carboxylic acids is 2. The SMILES string of the molecule is CCOC(=O)C(N)=C(N)C(=N)C(=O)NC1OC(COPO)C(O)C1O. The molecule has 1 rings (SSSR count).